The fourth-order valence-corrected chi connectivity index (χ4v) is 4.59. The summed E-state index contributed by atoms with van der Waals surface area (Å²) in [5.74, 6) is -2.91. The zero-order chi connectivity index (χ0) is 22.4. The Bertz CT molecular complexity index is 1210. The van der Waals surface area contributed by atoms with Crippen molar-refractivity contribution in [2.24, 2.45) is 5.92 Å². The molecule has 5 rings (SSSR count). The Kier molecular flexibility index (Phi) is 5.03. The predicted molar refractivity (Wildman–Crippen MR) is 120 cm³/mol. The van der Waals surface area contributed by atoms with Crippen molar-refractivity contribution in [3.63, 3.8) is 0 Å². The maximum absolute atomic E-state index is 13.6. The van der Waals surface area contributed by atoms with Gasteiger partial charge in [0.1, 0.15) is 5.92 Å². The number of carbonyl (C=O) groups excluding carboxylic acids is 2. The smallest absolute Gasteiger partial charge is 0.336 e. The number of hydroxylamine groups is 1. The van der Waals surface area contributed by atoms with Crippen molar-refractivity contribution >= 4 is 45.1 Å². The molecule has 0 aliphatic carbocycles. The van der Waals surface area contributed by atoms with Gasteiger partial charge >= 0.3 is 5.97 Å². The van der Waals surface area contributed by atoms with Crippen LogP contribution < -0.4 is 9.96 Å². The molecule has 0 radical (unpaired) electrons. The number of amides is 2. The van der Waals surface area contributed by atoms with Gasteiger partial charge in [0.05, 0.1) is 23.0 Å². The Morgan fingerprint density at radius 1 is 0.844 bits per heavy atom. The van der Waals surface area contributed by atoms with Gasteiger partial charge in [-0.3, -0.25) is 14.4 Å². The number of hydrogen-bond donors (Lipinski definition) is 1. The largest absolute Gasteiger partial charge is 0.478 e. The van der Waals surface area contributed by atoms with Gasteiger partial charge in [-0.25, -0.2) is 14.8 Å². The topological polar surface area (TPSA) is 87.2 Å². The van der Waals surface area contributed by atoms with Gasteiger partial charge in [0.15, 0.2) is 6.10 Å². The lowest BCUT2D eigenvalue weighted by atomic mass is 9.88. The molecule has 8 heteroatoms. The van der Waals surface area contributed by atoms with Crippen LogP contribution in [0.4, 0.5) is 11.4 Å². The molecule has 1 N–H and O–H groups in total. The highest BCUT2D eigenvalue weighted by Crippen LogP contribution is 2.48. The van der Waals surface area contributed by atoms with Crippen molar-refractivity contribution in [2.75, 3.05) is 9.96 Å². The van der Waals surface area contributed by atoms with E-state index in [9.17, 15) is 19.5 Å². The van der Waals surface area contributed by atoms with Gasteiger partial charge < -0.3 is 5.11 Å². The third kappa shape index (κ3) is 3.19. The van der Waals surface area contributed by atoms with Gasteiger partial charge in [0.2, 0.25) is 5.91 Å². The molecule has 0 bridgehead atoms. The number of nitrogens with zero attached hydrogens (tertiary/aromatic N) is 2. The Labute approximate surface area is 191 Å². The molecule has 0 aromatic heterocycles. The third-order valence-corrected chi connectivity index (χ3v) is 6.25. The Morgan fingerprint density at radius 3 is 2.19 bits per heavy atom. The van der Waals surface area contributed by atoms with Crippen LogP contribution in [0.1, 0.15) is 22.0 Å². The SMILES string of the molecule is O=C(O)c1ccccc1[C@H]1[C@H]2C(=O)N(c3ccc(Br)cc3)C(=O)[C@@H]2ON1c1ccccc1. The molecule has 2 fully saturated rings. The molecule has 0 spiro atoms. The van der Waals surface area contributed by atoms with Gasteiger partial charge in [0, 0.05) is 4.47 Å². The van der Waals surface area contributed by atoms with E-state index in [4.69, 9.17) is 4.84 Å². The highest BCUT2D eigenvalue weighted by molar-refractivity contribution is 9.10. The van der Waals surface area contributed by atoms with Crippen LogP contribution in [0, 0.1) is 5.92 Å². The monoisotopic (exact) mass is 492 g/mol. The second-order valence-corrected chi connectivity index (χ2v) is 8.45. The minimum atomic E-state index is -1.11. The predicted octanol–water partition coefficient (Wildman–Crippen LogP) is 4.20. The van der Waals surface area contributed by atoms with E-state index in [1.165, 1.54) is 11.1 Å². The van der Waals surface area contributed by atoms with E-state index < -0.39 is 35.8 Å². The van der Waals surface area contributed by atoms with Gasteiger partial charge in [-0.15, -0.1) is 0 Å². The average molecular weight is 493 g/mol. The van der Waals surface area contributed by atoms with E-state index in [1.54, 1.807) is 54.6 Å². The number of halogens is 1. The number of carbonyl (C=O) groups is 3. The normalized spacial score (nSPS) is 22.3. The number of para-hydroxylation sites is 1. The minimum Gasteiger partial charge on any atom is -0.478 e. The van der Waals surface area contributed by atoms with Crippen molar-refractivity contribution < 1.29 is 24.3 Å². The number of hydrogen-bond acceptors (Lipinski definition) is 5. The van der Waals surface area contributed by atoms with E-state index in [0.29, 0.717) is 16.9 Å². The molecule has 3 atom stereocenters. The van der Waals surface area contributed by atoms with Crippen molar-refractivity contribution in [2.45, 2.75) is 12.1 Å². The van der Waals surface area contributed by atoms with Crippen LogP contribution in [-0.2, 0) is 14.4 Å². The van der Waals surface area contributed by atoms with Gasteiger partial charge in [-0.2, -0.15) is 0 Å². The van der Waals surface area contributed by atoms with Crippen molar-refractivity contribution in [3.05, 3.63) is 94.5 Å². The van der Waals surface area contributed by atoms with Crippen LogP contribution in [0.3, 0.4) is 0 Å². The summed E-state index contributed by atoms with van der Waals surface area (Å²) in [6.45, 7) is 0. The summed E-state index contributed by atoms with van der Waals surface area (Å²) in [7, 11) is 0. The summed E-state index contributed by atoms with van der Waals surface area (Å²) in [6, 6.07) is 21.6. The Balaban J connectivity index is 1.63. The molecule has 2 amide bonds. The zero-order valence-corrected chi connectivity index (χ0v) is 18.2. The van der Waals surface area contributed by atoms with Crippen LogP contribution in [-0.4, -0.2) is 29.0 Å². The first-order chi connectivity index (χ1) is 15.5. The molecule has 0 unspecified atom stereocenters. The number of fused-ring (bicyclic) bond motifs is 1. The van der Waals surface area contributed by atoms with E-state index in [1.807, 2.05) is 18.2 Å². The molecule has 3 aromatic rings. The quantitative estimate of drug-likeness (QED) is 0.549. The first-order valence-electron chi connectivity index (χ1n) is 9.94. The zero-order valence-electron chi connectivity index (χ0n) is 16.6. The van der Waals surface area contributed by atoms with E-state index >= 15 is 0 Å². The maximum Gasteiger partial charge on any atom is 0.336 e. The molecular formula is C24H17BrN2O5. The van der Waals surface area contributed by atoms with Crippen molar-refractivity contribution in [1.29, 1.82) is 0 Å². The number of carboxylic acids is 1. The first kappa shape index (κ1) is 20.4. The maximum atomic E-state index is 13.6. The van der Waals surface area contributed by atoms with Crippen molar-refractivity contribution in [1.82, 2.24) is 0 Å². The summed E-state index contributed by atoms with van der Waals surface area (Å²) < 4.78 is 0.820. The summed E-state index contributed by atoms with van der Waals surface area (Å²) in [5.41, 5.74) is 1.54. The average Bonchev–Trinajstić information content (AvgIpc) is 3.31. The fourth-order valence-electron chi connectivity index (χ4n) is 4.32. The lowest BCUT2D eigenvalue weighted by Gasteiger charge is -2.29. The van der Waals surface area contributed by atoms with E-state index in [0.717, 1.165) is 9.37 Å². The molecule has 2 aliphatic rings. The second-order valence-electron chi connectivity index (χ2n) is 7.54. The highest BCUT2D eigenvalue weighted by atomic mass is 79.9. The summed E-state index contributed by atoms with van der Waals surface area (Å²) >= 11 is 3.35. The molecule has 2 aliphatic heterocycles. The molecule has 160 valence electrons. The highest BCUT2D eigenvalue weighted by Gasteiger charge is 2.60. The van der Waals surface area contributed by atoms with E-state index in [-0.39, 0.29) is 5.56 Å². The Hall–Kier alpha value is -3.49. The van der Waals surface area contributed by atoms with Crippen LogP contribution >= 0.6 is 15.9 Å². The number of benzene rings is 3. The molecule has 7 nitrogen and oxygen atoms in total. The fraction of sp³-hybridized carbons (Fsp3) is 0.125. The van der Waals surface area contributed by atoms with Gasteiger partial charge in [-0.1, -0.05) is 52.3 Å². The number of rotatable bonds is 4. The lowest BCUT2D eigenvalue weighted by Crippen LogP contribution is -2.37. The van der Waals surface area contributed by atoms with E-state index in [2.05, 4.69) is 15.9 Å². The van der Waals surface area contributed by atoms with Crippen LogP contribution in [0.2, 0.25) is 0 Å². The lowest BCUT2D eigenvalue weighted by molar-refractivity contribution is -0.126. The van der Waals surface area contributed by atoms with Gasteiger partial charge in [-0.05, 0) is 48.0 Å². The minimum absolute atomic E-state index is 0.0602. The molecule has 2 heterocycles. The number of imide groups is 1. The summed E-state index contributed by atoms with van der Waals surface area (Å²) in [6.07, 6.45) is -1.06. The van der Waals surface area contributed by atoms with Crippen LogP contribution in [0.25, 0.3) is 0 Å². The first-order valence-corrected chi connectivity index (χ1v) is 10.7. The van der Waals surface area contributed by atoms with Crippen LogP contribution in [0.15, 0.2) is 83.3 Å². The van der Waals surface area contributed by atoms with Gasteiger partial charge in [0.25, 0.3) is 5.91 Å². The second kappa shape index (κ2) is 7.89. The van der Waals surface area contributed by atoms with Crippen LogP contribution in [0.5, 0.6) is 0 Å². The number of aromatic carboxylic acids is 1. The number of carboxylic acid groups (broad SMARTS) is 1. The summed E-state index contributed by atoms with van der Waals surface area (Å²) in [4.78, 5) is 46.0. The Morgan fingerprint density at radius 2 is 1.50 bits per heavy atom. The molecular weight excluding hydrogens is 476 g/mol. The molecule has 3 aromatic carbocycles. The standard InChI is InChI=1S/C24H17BrN2O5/c25-14-10-12-15(13-11-14)26-22(28)19-20(17-8-4-5-9-18(17)24(30)31)27(32-21(19)23(26)29)16-6-2-1-3-7-16/h1-13,19-21H,(H,30,31)/t19-,20+,21-/m1/s1. The number of anilines is 2. The third-order valence-electron chi connectivity index (χ3n) is 5.72. The molecule has 32 heavy (non-hydrogen) atoms. The molecule has 0 saturated carbocycles. The van der Waals surface area contributed by atoms with Crippen molar-refractivity contribution in [3.8, 4) is 0 Å². The molecule has 2 saturated heterocycles. The summed E-state index contributed by atoms with van der Waals surface area (Å²) in [5, 5.41) is 11.3.